The zero-order valence-electron chi connectivity index (χ0n) is 19.3. The molecule has 1 atom stereocenters. The number of aliphatic imine (C=N–C) groups is 1. The second-order valence-electron chi connectivity index (χ2n) is 8.43. The maximum absolute atomic E-state index is 14.5. The SMILES string of the molecule is CN(C)c1cc(C2=NC(Cc3ccc(Cl)cc3F)C(=O)Nc3ccc(Cl)cc32)ccc1N(C)C=O. The van der Waals surface area contributed by atoms with Gasteiger partial charge in [-0.05, 0) is 48.0 Å². The molecule has 0 radical (unpaired) electrons. The molecular formula is C26H23Cl2FN4O2. The standard InChI is InChI=1S/C26H23Cl2FN4O2/c1-32(2)24-11-16(5-9-23(24)33(3)14-34)25-19-12-17(27)7-8-21(19)31-26(35)22(30-25)10-15-4-6-18(28)13-20(15)29/h4-9,11-14,22H,10H2,1-3H3,(H,31,35). The number of benzodiazepines with no additional fused rings is 1. The summed E-state index contributed by atoms with van der Waals surface area (Å²) < 4.78 is 14.5. The van der Waals surface area contributed by atoms with Gasteiger partial charge in [0.2, 0.25) is 12.3 Å². The van der Waals surface area contributed by atoms with Crippen LogP contribution in [0, 0.1) is 5.82 Å². The van der Waals surface area contributed by atoms with Crippen LogP contribution in [0.5, 0.6) is 0 Å². The lowest BCUT2D eigenvalue weighted by Crippen LogP contribution is -2.28. The molecule has 0 aromatic heterocycles. The van der Waals surface area contributed by atoms with E-state index in [4.69, 9.17) is 28.2 Å². The highest BCUT2D eigenvalue weighted by molar-refractivity contribution is 6.32. The van der Waals surface area contributed by atoms with Gasteiger partial charge >= 0.3 is 0 Å². The van der Waals surface area contributed by atoms with E-state index in [2.05, 4.69) is 5.32 Å². The van der Waals surface area contributed by atoms with E-state index in [1.807, 2.05) is 37.2 Å². The number of rotatable bonds is 6. The van der Waals surface area contributed by atoms with Crippen LogP contribution in [-0.4, -0.2) is 45.2 Å². The normalized spacial score (nSPS) is 15.0. The third kappa shape index (κ3) is 5.16. The maximum Gasteiger partial charge on any atom is 0.249 e. The number of carbonyl (C=O) groups excluding carboxylic acids is 2. The highest BCUT2D eigenvalue weighted by Gasteiger charge is 2.28. The van der Waals surface area contributed by atoms with Gasteiger partial charge in [-0.3, -0.25) is 14.6 Å². The molecule has 9 heteroatoms. The van der Waals surface area contributed by atoms with Crippen LogP contribution in [0.4, 0.5) is 21.5 Å². The van der Waals surface area contributed by atoms with Crippen molar-refractivity contribution in [2.45, 2.75) is 12.5 Å². The minimum atomic E-state index is -0.896. The summed E-state index contributed by atoms with van der Waals surface area (Å²) in [7, 11) is 5.42. The molecule has 0 spiro atoms. The summed E-state index contributed by atoms with van der Waals surface area (Å²) in [4.78, 5) is 32.7. The van der Waals surface area contributed by atoms with Gasteiger partial charge < -0.3 is 15.1 Å². The molecule has 0 bridgehead atoms. The Morgan fingerprint density at radius 1 is 1.00 bits per heavy atom. The third-order valence-corrected chi connectivity index (χ3v) is 6.25. The van der Waals surface area contributed by atoms with E-state index in [0.717, 1.165) is 17.7 Å². The van der Waals surface area contributed by atoms with Crippen LogP contribution in [0.25, 0.3) is 0 Å². The Hall–Kier alpha value is -3.42. The summed E-state index contributed by atoms with van der Waals surface area (Å²) in [6.07, 6.45) is 0.784. The molecule has 3 aromatic rings. The van der Waals surface area contributed by atoms with Crippen molar-refractivity contribution in [3.8, 4) is 0 Å². The zero-order chi connectivity index (χ0) is 25.3. The molecule has 6 nitrogen and oxygen atoms in total. The van der Waals surface area contributed by atoms with Gasteiger partial charge in [-0.1, -0.05) is 35.3 Å². The van der Waals surface area contributed by atoms with Gasteiger partial charge in [0.05, 0.1) is 22.8 Å². The van der Waals surface area contributed by atoms with E-state index >= 15 is 0 Å². The van der Waals surface area contributed by atoms with Crippen LogP contribution in [0.1, 0.15) is 16.7 Å². The van der Waals surface area contributed by atoms with E-state index < -0.39 is 11.9 Å². The molecule has 35 heavy (non-hydrogen) atoms. The Kier molecular flexibility index (Phi) is 7.10. The van der Waals surface area contributed by atoms with E-state index in [9.17, 15) is 14.0 Å². The van der Waals surface area contributed by atoms with Crippen LogP contribution in [0.2, 0.25) is 10.0 Å². The number of benzene rings is 3. The fourth-order valence-electron chi connectivity index (χ4n) is 3.97. The molecule has 0 fully saturated rings. The molecule has 180 valence electrons. The Morgan fingerprint density at radius 3 is 2.40 bits per heavy atom. The molecule has 1 unspecified atom stereocenters. The summed E-state index contributed by atoms with van der Waals surface area (Å²) in [5, 5.41) is 3.66. The van der Waals surface area contributed by atoms with Crippen molar-refractivity contribution >= 4 is 58.3 Å². The molecule has 4 rings (SSSR count). The van der Waals surface area contributed by atoms with Crippen molar-refractivity contribution in [1.82, 2.24) is 0 Å². The number of hydrogen-bond donors (Lipinski definition) is 1. The third-order valence-electron chi connectivity index (χ3n) is 5.78. The minimum absolute atomic E-state index is 0.0482. The summed E-state index contributed by atoms with van der Waals surface area (Å²) in [6, 6.07) is 14.2. The van der Waals surface area contributed by atoms with Crippen molar-refractivity contribution in [1.29, 1.82) is 0 Å². The number of hydrogen-bond acceptors (Lipinski definition) is 4. The largest absolute Gasteiger partial charge is 0.376 e. The Morgan fingerprint density at radius 2 is 1.71 bits per heavy atom. The highest BCUT2D eigenvalue weighted by Crippen LogP contribution is 2.33. The second kappa shape index (κ2) is 10.1. The Bertz CT molecular complexity index is 1340. The number of fused-ring (bicyclic) bond motifs is 1. The minimum Gasteiger partial charge on any atom is -0.376 e. The maximum atomic E-state index is 14.5. The number of nitrogens with one attached hydrogen (secondary N) is 1. The lowest BCUT2D eigenvalue weighted by Gasteiger charge is -2.23. The molecule has 1 aliphatic heterocycles. The first-order valence-corrected chi connectivity index (χ1v) is 11.6. The first-order chi connectivity index (χ1) is 16.7. The first kappa shape index (κ1) is 24.7. The van der Waals surface area contributed by atoms with Gasteiger partial charge in [-0.2, -0.15) is 0 Å². The average Bonchev–Trinajstić information content (AvgIpc) is 2.96. The molecular weight excluding hydrogens is 490 g/mol. The van der Waals surface area contributed by atoms with Crippen LogP contribution in [0.15, 0.2) is 59.6 Å². The lowest BCUT2D eigenvalue weighted by atomic mass is 9.99. The molecule has 1 N–H and O–H groups in total. The quantitative estimate of drug-likeness (QED) is 0.462. The topological polar surface area (TPSA) is 65.0 Å². The summed E-state index contributed by atoms with van der Waals surface area (Å²) in [5.41, 5.74) is 4.28. The van der Waals surface area contributed by atoms with Gasteiger partial charge in [0, 0.05) is 48.7 Å². The molecule has 2 amide bonds. The number of carbonyl (C=O) groups is 2. The predicted molar refractivity (Wildman–Crippen MR) is 140 cm³/mol. The Balaban J connectivity index is 1.88. The van der Waals surface area contributed by atoms with E-state index in [-0.39, 0.29) is 17.4 Å². The summed E-state index contributed by atoms with van der Waals surface area (Å²) >= 11 is 12.2. The molecule has 0 saturated carbocycles. The van der Waals surface area contributed by atoms with Crippen molar-refractivity contribution in [3.05, 3.63) is 87.2 Å². The van der Waals surface area contributed by atoms with Crippen molar-refractivity contribution in [2.75, 3.05) is 36.3 Å². The number of anilines is 3. The lowest BCUT2D eigenvalue weighted by molar-refractivity contribution is -0.117. The number of halogens is 3. The van der Waals surface area contributed by atoms with Gasteiger partial charge in [0.15, 0.2) is 0 Å². The zero-order valence-corrected chi connectivity index (χ0v) is 20.9. The van der Waals surface area contributed by atoms with E-state index in [0.29, 0.717) is 33.2 Å². The van der Waals surface area contributed by atoms with Crippen molar-refractivity contribution in [3.63, 3.8) is 0 Å². The van der Waals surface area contributed by atoms with Crippen LogP contribution >= 0.6 is 23.2 Å². The number of nitrogens with zero attached hydrogens (tertiary/aromatic N) is 3. The number of amides is 2. The van der Waals surface area contributed by atoms with Gasteiger partial charge in [0.25, 0.3) is 0 Å². The van der Waals surface area contributed by atoms with E-state index in [1.54, 1.807) is 37.4 Å². The summed E-state index contributed by atoms with van der Waals surface area (Å²) in [5.74, 6) is -0.855. The molecule has 1 aliphatic rings. The van der Waals surface area contributed by atoms with E-state index in [1.165, 1.54) is 11.0 Å². The van der Waals surface area contributed by atoms with Crippen molar-refractivity contribution < 1.29 is 14.0 Å². The summed E-state index contributed by atoms with van der Waals surface area (Å²) in [6.45, 7) is 0. The predicted octanol–water partition coefficient (Wildman–Crippen LogP) is 5.19. The molecule has 3 aromatic carbocycles. The average molecular weight is 513 g/mol. The molecule has 1 heterocycles. The second-order valence-corrected chi connectivity index (χ2v) is 9.30. The van der Waals surface area contributed by atoms with Gasteiger partial charge in [-0.25, -0.2) is 4.39 Å². The monoisotopic (exact) mass is 512 g/mol. The fourth-order valence-corrected chi connectivity index (χ4v) is 4.30. The van der Waals surface area contributed by atoms with Gasteiger partial charge in [0.1, 0.15) is 11.9 Å². The Labute approximate surface area is 213 Å². The van der Waals surface area contributed by atoms with Crippen LogP contribution in [-0.2, 0) is 16.0 Å². The fraction of sp³-hybridized carbons (Fsp3) is 0.192. The van der Waals surface area contributed by atoms with Crippen LogP contribution in [0.3, 0.4) is 0 Å². The smallest absolute Gasteiger partial charge is 0.249 e. The van der Waals surface area contributed by atoms with Gasteiger partial charge in [-0.15, -0.1) is 0 Å². The molecule has 0 aliphatic carbocycles. The van der Waals surface area contributed by atoms with Crippen molar-refractivity contribution in [2.24, 2.45) is 4.99 Å². The highest BCUT2D eigenvalue weighted by atomic mass is 35.5. The molecule has 0 saturated heterocycles. The first-order valence-electron chi connectivity index (χ1n) is 10.8. The van der Waals surface area contributed by atoms with Crippen LogP contribution < -0.4 is 15.1 Å².